The van der Waals surface area contributed by atoms with Crippen LogP contribution in [0.15, 0.2) is 6.33 Å². The minimum atomic E-state index is 0.263. The quantitative estimate of drug-likeness (QED) is 0.837. The van der Waals surface area contributed by atoms with Gasteiger partial charge in [-0.1, -0.05) is 13.8 Å². The highest BCUT2D eigenvalue weighted by molar-refractivity contribution is 5.59. The van der Waals surface area contributed by atoms with Crippen LogP contribution >= 0.6 is 0 Å². The van der Waals surface area contributed by atoms with Crippen molar-refractivity contribution in [2.45, 2.75) is 58.6 Å². The van der Waals surface area contributed by atoms with Crippen LogP contribution in [0.25, 0.3) is 0 Å². The van der Waals surface area contributed by atoms with E-state index < -0.39 is 0 Å². The molecule has 1 aliphatic rings. The van der Waals surface area contributed by atoms with E-state index in [9.17, 15) is 0 Å². The van der Waals surface area contributed by atoms with Gasteiger partial charge in [-0.15, -0.1) is 0 Å². The molecule has 0 aromatic carbocycles. The van der Waals surface area contributed by atoms with Gasteiger partial charge in [0.15, 0.2) is 0 Å². The second-order valence-electron chi connectivity index (χ2n) is 5.65. The van der Waals surface area contributed by atoms with E-state index in [2.05, 4.69) is 48.3 Å². The molecule has 2 heterocycles. The summed E-state index contributed by atoms with van der Waals surface area (Å²) < 4.78 is 5.74. The SMILES string of the molecule is CCNc1ncnc(NC(C)C2CCCO2)c1C(C)C. The van der Waals surface area contributed by atoms with Crippen LogP contribution in [-0.2, 0) is 4.74 Å². The van der Waals surface area contributed by atoms with Crippen molar-refractivity contribution in [3.8, 4) is 0 Å². The van der Waals surface area contributed by atoms with Crippen molar-refractivity contribution in [2.75, 3.05) is 23.8 Å². The van der Waals surface area contributed by atoms with E-state index in [-0.39, 0.29) is 12.1 Å². The second kappa shape index (κ2) is 6.88. The molecule has 2 atom stereocenters. The van der Waals surface area contributed by atoms with E-state index in [1.165, 1.54) is 0 Å². The van der Waals surface area contributed by atoms with Crippen molar-refractivity contribution in [3.63, 3.8) is 0 Å². The predicted octanol–water partition coefficient (Wildman–Crippen LogP) is 3.01. The van der Waals surface area contributed by atoms with E-state index in [4.69, 9.17) is 4.74 Å². The lowest BCUT2D eigenvalue weighted by atomic mass is 10.0. The molecule has 1 aromatic rings. The Labute approximate surface area is 121 Å². The summed E-state index contributed by atoms with van der Waals surface area (Å²) in [6, 6.07) is 0.263. The van der Waals surface area contributed by atoms with Crippen molar-refractivity contribution in [3.05, 3.63) is 11.9 Å². The van der Waals surface area contributed by atoms with Gasteiger partial charge in [-0.2, -0.15) is 0 Å². The zero-order chi connectivity index (χ0) is 14.5. The lowest BCUT2D eigenvalue weighted by Gasteiger charge is -2.24. The van der Waals surface area contributed by atoms with Crippen LogP contribution in [0.2, 0.25) is 0 Å². The smallest absolute Gasteiger partial charge is 0.135 e. The summed E-state index contributed by atoms with van der Waals surface area (Å²) in [4.78, 5) is 8.80. The minimum absolute atomic E-state index is 0.263. The average Bonchev–Trinajstić information content (AvgIpc) is 2.92. The molecule has 0 amide bonds. The fourth-order valence-corrected chi connectivity index (χ4v) is 2.67. The van der Waals surface area contributed by atoms with Crippen molar-refractivity contribution >= 4 is 11.6 Å². The highest BCUT2D eigenvalue weighted by Gasteiger charge is 2.24. The summed E-state index contributed by atoms with van der Waals surface area (Å²) >= 11 is 0. The van der Waals surface area contributed by atoms with Crippen LogP contribution in [0.3, 0.4) is 0 Å². The van der Waals surface area contributed by atoms with Gasteiger partial charge in [-0.3, -0.25) is 0 Å². The molecule has 5 nitrogen and oxygen atoms in total. The molecule has 0 bridgehead atoms. The van der Waals surface area contributed by atoms with Crippen LogP contribution in [0.1, 0.15) is 52.0 Å². The van der Waals surface area contributed by atoms with Gasteiger partial charge in [-0.25, -0.2) is 9.97 Å². The molecule has 5 heteroatoms. The summed E-state index contributed by atoms with van der Waals surface area (Å²) in [5.41, 5.74) is 1.15. The topological polar surface area (TPSA) is 59.1 Å². The first-order chi connectivity index (χ1) is 9.63. The minimum Gasteiger partial charge on any atom is -0.376 e. The monoisotopic (exact) mass is 278 g/mol. The molecule has 2 rings (SSSR count). The van der Waals surface area contributed by atoms with Gasteiger partial charge in [0.05, 0.1) is 12.1 Å². The first-order valence-corrected chi connectivity index (χ1v) is 7.60. The highest BCUT2D eigenvalue weighted by atomic mass is 16.5. The van der Waals surface area contributed by atoms with E-state index >= 15 is 0 Å². The van der Waals surface area contributed by atoms with Gasteiger partial charge in [-0.05, 0) is 32.6 Å². The first-order valence-electron chi connectivity index (χ1n) is 7.60. The molecule has 1 fully saturated rings. The number of nitrogens with one attached hydrogen (secondary N) is 2. The third-order valence-electron chi connectivity index (χ3n) is 3.69. The zero-order valence-corrected chi connectivity index (χ0v) is 12.9. The maximum Gasteiger partial charge on any atom is 0.135 e. The largest absolute Gasteiger partial charge is 0.376 e. The fraction of sp³-hybridized carbons (Fsp3) is 0.733. The van der Waals surface area contributed by atoms with Gasteiger partial charge in [0, 0.05) is 18.7 Å². The Morgan fingerprint density at radius 3 is 2.65 bits per heavy atom. The Kier molecular flexibility index (Phi) is 5.17. The molecule has 112 valence electrons. The van der Waals surface area contributed by atoms with Crippen molar-refractivity contribution in [1.82, 2.24) is 9.97 Å². The number of aromatic nitrogens is 2. The van der Waals surface area contributed by atoms with Gasteiger partial charge < -0.3 is 15.4 Å². The maximum atomic E-state index is 5.74. The van der Waals surface area contributed by atoms with Crippen LogP contribution in [0, 0.1) is 0 Å². The molecular formula is C15H26N4O. The summed E-state index contributed by atoms with van der Waals surface area (Å²) in [6.45, 7) is 10.3. The number of ether oxygens (including phenoxy) is 1. The lowest BCUT2D eigenvalue weighted by Crippen LogP contribution is -2.31. The standard InChI is InChI=1S/C15H26N4O/c1-5-16-14-13(10(2)3)15(18-9-17-14)19-11(4)12-7-6-8-20-12/h9-12H,5-8H2,1-4H3,(H2,16,17,18,19). The number of hydrogen-bond donors (Lipinski definition) is 2. The van der Waals surface area contributed by atoms with E-state index in [1.807, 2.05) is 0 Å². The molecule has 1 aromatic heterocycles. The summed E-state index contributed by atoms with van der Waals surface area (Å²) in [5.74, 6) is 2.22. The van der Waals surface area contributed by atoms with E-state index in [0.29, 0.717) is 5.92 Å². The molecule has 20 heavy (non-hydrogen) atoms. The van der Waals surface area contributed by atoms with Crippen LogP contribution in [0.5, 0.6) is 0 Å². The zero-order valence-electron chi connectivity index (χ0n) is 12.9. The third kappa shape index (κ3) is 3.39. The predicted molar refractivity (Wildman–Crippen MR) is 82.3 cm³/mol. The Morgan fingerprint density at radius 2 is 2.05 bits per heavy atom. The van der Waals surface area contributed by atoms with Gasteiger partial charge >= 0.3 is 0 Å². The number of hydrogen-bond acceptors (Lipinski definition) is 5. The van der Waals surface area contributed by atoms with Crippen LogP contribution < -0.4 is 10.6 Å². The second-order valence-corrected chi connectivity index (χ2v) is 5.65. The average molecular weight is 278 g/mol. The molecule has 2 unspecified atom stereocenters. The first kappa shape index (κ1) is 15.0. The van der Waals surface area contributed by atoms with E-state index in [1.54, 1.807) is 6.33 Å². The molecule has 0 saturated carbocycles. The Bertz CT molecular complexity index is 430. The summed E-state index contributed by atoms with van der Waals surface area (Å²) in [5, 5.41) is 6.83. The molecular weight excluding hydrogens is 252 g/mol. The van der Waals surface area contributed by atoms with Gasteiger partial charge in [0.25, 0.3) is 0 Å². The van der Waals surface area contributed by atoms with Crippen molar-refractivity contribution in [1.29, 1.82) is 0 Å². The fourth-order valence-electron chi connectivity index (χ4n) is 2.67. The highest BCUT2D eigenvalue weighted by Crippen LogP contribution is 2.29. The molecule has 0 radical (unpaired) electrons. The van der Waals surface area contributed by atoms with Crippen LogP contribution in [0.4, 0.5) is 11.6 Å². The van der Waals surface area contributed by atoms with Gasteiger partial charge in [0.1, 0.15) is 18.0 Å². The molecule has 0 spiro atoms. The van der Waals surface area contributed by atoms with Gasteiger partial charge in [0.2, 0.25) is 0 Å². The number of rotatable bonds is 6. The van der Waals surface area contributed by atoms with Crippen molar-refractivity contribution < 1.29 is 4.74 Å². The summed E-state index contributed by atoms with van der Waals surface area (Å²) in [6.07, 6.45) is 4.18. The molecule has 1 aliphatic heterocycles. The van der Waals surface area contributed by atoms with Crippen LogP contribution in [-0.4, -0.2) is 35.3 Å². The Balaban J connectivity index is 2.19. The molecule has 1 saturated heterocycles. The lowest BCUT2D eigenvalue weighted by molar-refractivity contribution is 0.0995. The number of anilines is 2. The summed E-state index contributed by atoms with van der Waals surface area (Å²) in [7, 11) is 0. The number of nitrogens with zero attached hydrogens (tertiary/aromatic N) is 2. The Hall–Kier alpha value is -1.36. The van der Waals surface area contributed by atoms with Crippen molar-refractivity contribution in [2.24, 2.45) is 0 Å². The normalized spacial score (nSPS) is 20.1. The van der Waals surface area contributed by atoms with E-state index in [0.717, 1.165) is 43.2 Å². The Morgan fingerprint density at radius 1 is 1.30 bits per heavy atom. The molecule has 2 N–H and O–H groups in total. The third-order valence-corrected chi connectivity index (χ3v) is 3.69. The maximum absolute atomic E-state index is 5.74. The molecule has 0 aliphatic carbocycles.